The second kappa shape index (κ2) is 5.75. The van der Waals surface area contributed by atoms with Gasteiger partial charge in [0.05, 0.1) is 12.3 Å². The highest BCUT2D eigenvalue weighted by Crippen LogP contribution is 2.32. The van der Waals surface area contributed by atoms with Crippen molar-refractivity contribution in [2.24, 2.45) is 0 Å². The van der Waals surface area contributed by atoms with Crippen LogP contribution >= 0.6 is 0 Å². The molecule has 1 rings (SSSR count). The summed E-state index contributed by atoms with van der Waals surface area (Å²) in [6.45, 7) is 5.52. The van der Waals surface area contributed by atoms with Crippen LogP contribution in [-0.4, -0.2) is 29.3 Å². The number of hydrogen-bond acceptors (Lipinski definition) is 5. The molecule has 96 valence electrons. The summed E-state index contributed by atoms with van der Waals surface area (Å²) in [7, 11) is 0. The SMILES string of the molecule is CCOc1ccc(N)cc1N(C(C)O)C(C)O. The zero-order valence-electron chi connectivity index (χ0n) is 10.4. The highest BCUT2D eigenvalue weighted by atomic mass is 16.5. The van der Waals surface area contributed by atoms with E-state index in [1.54, 1.807) is 32.0 Å². The van der Waals surface area contributed by atoms with Crippen molar-refractivity contribution >= 4 is 11.4 Å². The van der Waals surface area contributed by atoms with Crippen molar-refractivity contribution in [1.82, 2.24) is 0 Å². The smallest absolute Gasteiger partial charge is 0.142 e. The van der Waals surface area contributed by atoms with E-state index >= 15 is 0 Å². The van der Waals surface area contributed by atoms with E-state index in [9.17, 15) is 10.2 Å². The van der Waals surface area contributed by atoms with Crippen molar-refractivity contribution in [3.63, 3.8) is 0 Å². The number of hydrogen-bond donors (Lipinski definition) is 3. The van der Waals surface area contributed by atoms with Crippen LogP contribution in [0.2, 0.25) is 0 Å². The summed E-state index contributed by atoms with van der Waals surface area (Å²) in [5, 5.41) is 19.4. The van der Waals surface area contributed by atoms with Gasteiger partial charge in [-0.1, -0.05) is 0 Å². The molecule has 0 bridgehead atoms. The van der Waals surface area contributed by atoms with Gasteiger partial charge in [0, 0.05) is 5.69 Å². The van der Waals surface area contributed by atoms with E-state index in [4.69, 9.17) is 10.5 Å². The fourth-order valence-corrected chi connectivity index (χ4v) is 1.73. The first kappa shape index (κ1) is 13.6. The van der Waals surface area contributed by atoms with Crippen LogP contribution in [0.1, 0.15) is 20.8 Å². The zero-order chi connectivity index (χ0) is 13.0. The molecule has 1 aromatic carbocycles. The number of aliphatic hydroxyl groups is 2. The van der Waals surface area contributed by atoms with Gasteiger partial charge in [-0.05, 0) is 39.0 Å². The Morgan fingerprint density at radius 3 is 2.35 bits per heavy atom. The van der Waals surface area contributed by atoms with Crippen LogP contribution in [0.25, 0.3) is 0 Å². The minimum Gasteiger partial charge on any atom is -0.492 e. The molecule has 2 atom stereocenters. The minimum absolute atomic E-state index is 0.504. The molecule has 0 aliphatic carbocycles. The number of nitrogens with two attached hydrogens (primary N) is 1. The Bertz CT molecular complexity index is 359. The van der Waals surface area contributed by atoms with Gasteiger partial charge >= 0.3 is 0 Å². The van der Waals surface area contributed by atoms with Gasteiger partial charge in [0.1, 0.15) is 18.2 Å². The van der Waals surface area contributed by atoms with Crippen LogP contribution in [0.3, 0.4) is 0 Å². The maximum absolute atomic E-state index is 9.69. The fraction of sp³-hybridized carbons (Fsp3) is 0.500. The van der Waals surface area contributed by atoms with Gasteiger partial charge in [-0.2, -0.15) is 0 Å². The van der Waals surface area contributed by atoms with Crippen molar-refractivity contribution in [3.05, 3.63) is 18.2 Å². The summed E-state index contributed by atoms with van der Waals surface area (Å²) in [6, 6.07) is 5.12. The van der Waals surface area contributed by atoms with Crippen LogP contribution < -0.4 is 15.4 Å². The van der Waals surface area contributed by atoms with Crippen molar-refractivity contribution < 1.29 is 14.9 Å². The Kier molecular flexibility index (Phi) is 4.60. The molecule has 0 fully saturated rings. The quantitative estimate of drug-likeness (QED) is 0.531. The van der Waals surface area contributed by atoms with Crippen LogP contribution in [0.5, 0.6) is 5.75 Å². The normalized spacial score (nSPS) is 14.2. The third kappa shape index (κ3) is 3.25. The molecule has 17 heavy (non-hydrogen) atoms. The van der Waals surface area contributed by atoms with Crippen molar-refractivity contribution in [1.29, 1.82) is 0 Å². The first-order chi connectivity index (χ1) is 7.97. The Morgan fingerprint density at radius 2 is 1.88 bits per heavy atom. The molecule has 0 aliphatic heterocycles. The van der Waals surface area contributed by atoms with E-state index in [1.807, 2.05) is 6.92 Å². The molecular weight excluding hydrogens is 220 g/mol. The molecule has 0 spiro atoms. The standard InChI is InChI=1S/C12H20N2O3/c1-4-17-12-6-5-10(13)7-11(12)14(8(2)15)9(3)16/h5-9,15-16H,4,13H2,1-3H3. The molecule has 5 nitrogen and oxygen atoms in total. The van der Waals surface area contributed by atoms with E-state index in [0.29, 0.717) is 23.7 Å². The lowest BCUT2D eigenvalue weighted by Crippen LogP contribution is -2.40. The summed E-state index contributed by atoms with van der Waals surface area (Å²) in [5.41, 5.74) is 6.85. The summed E-state index contributed by atoms with van der Waals surface area (Å²) in [4.78, 5) is 1.43. The average Bonchev–Trinajstić information content (AvgIpc) is 2.21. The van der Waals surface area contributed by atoms with Gasteiger partial charge < -0.3 is 25.6 Å². The molecule has 5 heteroatoms. The number of nitrogens with zero attached hydrogens (tertiary/aromatic N) is 1. The summed E-state index contributed by atoms with van der Waals surface area (Å²) in [5.74, 6) is 0.587. The molecule has 0 aromatic heterocycles. The first-order valence-corrected chi connectivity index (χ1v) is 5.64. The van der Waals surface area contributed by atoms with E-state index in [2.05, 4.69) is 0 Å². The number of rotatable bonds is 5. The van der Waals surface area contributed by atoms with Gasteiger partial charge in [-0.15, -0.1) is 0 Å². The average molecular weight is 240 g/mol. The molecule has 1 aromatic rings. The predicted octanol–water partition coefficient (Wildman–Crippen LogP) is 1.15. The number of benzene rings is 1. The molecule has 2 unspecified atom stereocenters. The van der Waals surface area contributed by atoms with Crippen molar-refractivity contribution in [2.45, 2.75) is 33.2 Å². The third-order valence-electron chi connectivity index (χ3n) is 2.37. The highest BCUT2D eigenvalue weighted by Gasteiger charge is 2.20. The van der Waals surface area contributed by atoms with Crippen molar-refractivity contribution in [3.8, 4) is 5.75 Å². The Hall–Kier alpha value is -1.46. The van der Waals surface area contributed by atoms with E-state index < -0.39 is 12.5 Å². The van der Waals surface area contributed by atoms with Gasteiger partial charge in [0.15, 0.2) is 0 Å². The molecule has 0 saturated carbocycles. The van der Waals surface area contributed by atoms with Crippen LogP contribution in [0.15, 0.2) is 18.2 Å². The van der Waals surface area contributed by atoms with E-state index in [1.165, 1.54) is 4.90 Å². The first-order valence-electron chi connectivity index (χ1n) is 5.64. The number of nitrogen functional groups attached to an aromatic ring is 1. The monoisotopic (exact) mass is 240 g/mol. The van der Waals surface area contributed by atoms with Gasteiger partial charge in [-0.25, -0.2) is 0 Å². The van der Waals surface area contributed by atoms with Crippen LogP contribution in [0, 0.1) is 0 Å². The second-order valence-electron chi connectivity index (χ2n) is 3.83. The predicted molar refractivity (Wildman–Crippen MR) is 67.9 cm³/mol. The zero-order valence-corrected chi connectivity index (χ0v) is 10.4. The highest BCUT2D eigenvalue weighted by molar-refractivity contribution is 5.65. The van der Waals surface area contributed by atoms with E-state index in [0.717, 1.165) is 0 Å². The maximum atomic E-state index is 9.69. The van der Waals surface area contributed by atoms with Crippen molar-refractivity contribution in [2.75, 3.05) is 17.2 Å². The Labute approximate surface area is 101 Å². The fourth-order valence-electron chi connectivity index (χ4n) is 1.73. The Balaban J connectivity index is 3.19. The van der Waals surface area contributed by atoms with Gasteiger partial charge in [0.25, 0.3) is 0 Å². The molecule has 0 amide bonds. The molecule has 0 saturated heterocycles. The van der Waals surface area contributed by atoms with Crippen LogP contribution in [-0.2, 0) is 0 Å². The minimum atomic E-state index is -0.837. The number of aliphatic hydroxyl groups excluding tert-OH is 2. The molecule has 0 aliphatic rings. The largest absolute Gasteiger partial charge is 0.492 e. The lowest BCUT2D eigenvalue weighted by molar-refractivity contribution is 0.104. The second-order valence-corrected chi connectivity index (χ2v) is 3.83. The summed E-state index contributed by atoms with van der Waals surface area (Å²) >= 11 is 0. The lowest BCUT2D eigenvalue weighted by atomic mass is 10.2. The Morgan fingerprint density at radius 1 is 1.29 bits per heavy atom. The molecule has 4 N–H and O–H groups in total. The topological polar surface area (TPSA) is 79.0 Å². The van der Waals surface area contributed by atoms with Gasteiger partial charge in [0.2, 0.25) is 0 Å². The lowest BCUT2D eigenvalue weighted by Gasteiger charge is -2.32. The van der Waals surface area contributed by atoms with Crippen LogP contribution in [0.4, 0.5) is 11.4 Å². The van der Waals surface area contributed by atoms with E-state index in [-0.39, 0.29) is 0 Å². The number of ether oxygens (including phenoxy) is 1. The maximum Gasteiger partial charge on any atom is 0.142 e. The molecule has 0 radical (unpaired) electrons. The summed E-state index contributed by atoms with van der Waals surface area (Å²) < 4.78 is 5.45. The number of anilines is 2. The third-order valence-corrected chi connectivity index (χ3v) is 2.37. The summed E-state index contributed by atoms with van der Waals surface area (Å²) in [6.07, 6.45) is -1.67. The van der Waals surface area contributed by atoms with Gasteiger partial charge in [-0.3, -0.25) is 0 Å². The molecule has 0 heterocycles. The molecular formula is C12H20N2O3.